The summed E-state index contributed by atoms with van der Waals surface area (Å²) < 4.78 is 27.4. The fourth-order valence-electron chi connectivity index (χ4n) is 3.58. The van der Waals surface area contributed by atoms with Gasteiger partial charge in [0.1, 0.15) is 0 Å². The molecule has 0 unspecified atom stereocenters. The first kappa shape index (κ1) is 21.9. The number of piperidine rings is 1. The van der Waals surface area contributed by atoms with Crippen molar-refractivity contribution in [3.05, 3.63) is 78.0 Å². The molecule has 1 saturated heterocycles. The van der Waals surface area contributed by atoms with E-state index in [9.17, 15) is 8.42 Å². The minimum atomic E-state index is -3.52. The Balaban J connectivity index is 0.00000136. The van der Waals surface area contributed by atoms with Gasteiger partial charge in [0, 0.05) is 18.5 Å². The van der Waals surface area contributed by atoms with E-state index in [1.165, 1.54) is 11.4 Å². The lowest BCUT2D eigenvalue weighted by Crippen LogP contribution is -2.45. The first-order valence-electron chi connectivity index (χ1n) is 9.17. The van der Waals surface area contributed by atoms with E-state index in [2.05, 4.69) is 17.4 Å². The normalized spacial score (nSPS) is 16.5. The number of nitrogens with one attached hydrogen (secondary N) is 1. The maximum atomic E-state index is 12.9. The van der Waals surface area contributed by atoms with E-state index in [4.69, 9.17) is 5.53 Å². The summed E-state index contributed by atoms with van der Waals surface area (Å²) in [5.41, 5.74) is 14.0. The van der Waals surface area contributed by atoms with Gasteiger partial charge in [-0.2, -0.15) is 9.42 Å². The molecule has 0 atom stereocenters. The number of sulfonamides is 1. The van der Waals surface area contributed by atoms with Crippen molar-refractivity contribution in [3.8, 4) is 0 Å². The van der Waals surface area contributed by atoms with Gasteiger partial charge in [0.25, 0.3) is 0 Å². The van der Waals surface area contributed by atoms with Crippen LogP contribution in [-0.2, 0) is 15.4 Å². The molecule has 0 amide bonds. The lowest BCUT2D eigenvalue weighted by Gasteiger charge is -2.41. The van der Waals surface area contributed by atoms with Gasteiger partial charge in [0.2, 0.25) is 10.0 Å². The summed E-state index contributed by atoms with van der Waals surface area (Å²) in [4.78, 5) is 0.319. The molecular weight excluding hydrogens is 372 g/mol. The van der Waals surface area contributed by atoms with Gasteiger partial charge in [-0.05, 0) is 44.5 Å². The number of aryl methyl sites for hydroxylation is 1. The summed E-state index contributed by atoms with van der Waals surface area (Å²) in [5.74, 6) is 0. The van der Waals surface area contributed by atoms with E-state index < -0.39 is 15.4 Å². The predicted octanol–water partition coefficient (Wildman–Crippen LogP) is 3.84. The van der Waals surface area contributed by atoms with Gasteiger partial charge < -0.3 is 5.73 Å². The van der Waals surface area contributed by atoms with Crippen LogP contribution < -0.4 is 5.73 Å². The Morgan fingerprint density at radius 1 is 1.07 bits per heavy atom. The number of benzene rings is 2. The second kappa shape index (κ2) is 9.23. The zero-order chi connectivity index (χ0) is 20.8. The van der Waals surface area contributed by atoms with Crippen LogP contribution in [0.3, 0.4) is 0 Å². The van der Waals surface area contributed by atoms with Crippen LogP contribution >= 0.6 is 0 Å². The smallest absolute Gasteiger partial charge is 0.243 e. The second-order valence-electron chi connectivity index (χ2n) is 6.72. The molecule has 1 heterocycles. The standard InChI is InChI=1S/C20H23N3O2S.CH5N/c1-16-8-10-19(11-9-16)26(24,25)23-14-12-20(13-15-23,17(2)22-21)18-6-4-3-5-7-18;1-2/h3-11,21H,2,12-15H2,1H3;2H2,1H3. The minimum absolute atomic E-state index is 0.319. The minimum Gasteiger partial charge on any atom is -0.333 e. The molecule has 0 saturated carbocycles. The highest BCUT2D eigenvalue weighted by atomic mass is 32.2. The van der Waals surface area contributed by atoms with Crippen LogP contribution in [0.25, 0.3) is 0 Å². The Hall–Kier alpha value is -2.35. The van der Waals surface area contributed by atoms with Crippen molar-refractivity contribution in [1.82, 2.24) is 4.31 Å². The summed E-state index contributed by atoms with van der Waals surface area (Å²) in [5, 5.41) is 3.60. The Bertz CT molecular complexity index is 901. The Morgan fingerprint density at radius 2 is 1.61 bits per heavy atom. The molecule has 2 aromatic rings. The van der Waals surface area contributed by atoms with Gasteiger partial charge in [0.05, 0.1) is 10.6 Å². The van der Waals surface area contributed by atoms with E-state index in [0.29, 0.717) is 36.5 Å². The van der Waals surface area contributed by atoms with Crippen LogP contribution in [0.2, 0.25) is 0 Å². The number of hydrogen-bond acceptors (Lipinski definition) is 5. The highest BCUT2D eigenvalue weighted by Crippen LogP contribution is 2.42. The number of allylic oxidation sites excluding steroid dienone is 1. The van der Waals surface area contributed by atoms with Crippen molar-refractivity contribution in [2.24, 2.45) is 10.8 Å². The molecule has 2 aromatic carbocycles. The van der Waals surface area contributed by atoms with E-state index in [1.807, 2.05) is 49.4 Å². The molecule has 3 N–H and O–H groups in total. The lowest BCUT2D eigenvalue weighted by molar-refractivity contribution is 0.259. The molecule has 0 spiro atoms. The van der Waals surface area contributed by atoms with Crippen LogP contribution in [0.5, 0.6) is 0 Å². The molecule has 28 heavy (non-hydrogen) atoms. The topological polar surface area (TPSA) is 99.6 Å². The fraction of sp³-hybridized carbons (Fsp3) is 0.333. The number of nitrogens with zero attached hydrogens (tertiary/aromatic N) is 2. The zero-order valence-corrected chi connectivity index (χ0v) is 17.2. The molecule has 3 rings (SSSR count). The van der Waals surface area contributed by atoms with Crippen molar-refractivity contribution in [2.45, 2.75) is 30.1 Å². The third kappa shape index (κ3) is 4.22. The highest BCUT2D eigenvalue weighted by Gasteiger charge is 2.42. The fourth-order valence-corrected chi connectivity index (χ4v) is 5.02. The van der Waals surface area contributed by atoms with Gasteiger partial charge in [0.15, 0.2) is 0 Å². The Labute approximate surface area is 167 Å². The number of rotatable bonds is 5. The summed E-state index contributed by atoms with van der Waals surface area (Å²) >= 11 is 0. The molecule has 6 nitrogen and oxygen atoms in total. The average Bonchev–Trinajstić information content (AvgIpc) is 2.75. The Kier molecular flexibility index (Phi) is 7.23. The zero-order valence-electron chi connectivity index (χ0n) is 16.4. The predicted molar refractivity (Wildman–Crippen MR) is 112 cm³/mol. The summed E-state index contributed by atoms with van der Waals surface area (Å²) in [6.07, 6.45) is 1.12. The summed E-state index contributed by atoms with van der Waals surface area (Å²) in [6.45, 7) is 6.66. The van der Waals surface area contributed by atoms with Crippen molar-refractivity contribution in [1.29, 1.82) is 5.53 Å². The van der Waals surface area contributed by atoms with Gasteiger partial charge >= 0.3 is 0 Å². The van der Waals surface area contributed by atoms with Gasteiger partial charge in [-0.25, -0.2) is 13.9 Å². The van der Waals surface area contributed by atoms with E-state index in [0.717, 1.165) is 11.1 Å². The van der Waals surface area contributed by atoms with Gasteiger partial charge in [-0.15, -0.1) is 0 Å². The molecule has 150 valence electrons. The van der Waals surface area contributed by atoms with Crippen LogP contribution in [0.4, 0.5) is 0 Å². The Morgan fingerprint density at radius 3 is 2.11 bits per heavy atom. The maximum Gasteiger partial charge on any atom is 0.243 e. The molecule has 7 heteroatoms. The van der Waals surface area contributed by atoms with Gasteiger partial charge in [-0.3, -0.25) is 0 Å². The number of hydrogen-bond donors (Lipinski definition) is 2. The molecule has 0 radical (unpaired) electrons. The summed E-state index contributed by atoms with van der Waals surface area (Å²) in [6, 6.07) is 16.8. The highest BCUT2D eigenvalue weighted by molar-refractivity contribution is 7.89. The van der Waals surface area contributed by atoms with E-state index in [-0.39, 0.29) is 0 Å². The lowest BCUT2D eigenvalue weighted by atomic mass is 9.71. The van der Waals surface area contributed by atoms with Crippen molar-refractivity contribution in [3.63, 3.8) is 0 Å². The molecule has 0 bridgehead atoms. The van der Waals surface area contributed by atoms with Crippen LogP contribution in [0.15, 0.2) is 76.9 Å². The molecule has 1 fully saturated rings. The molecular formula is C21H28N4O2S. The van der Waals surface area contributed by atoms with Crippen LogP contribution in [0.1, 0.15) is 24.0 Å². The van der Waals surface area contributed by atoms with Gasteiger partial charge in [-0.1, -0.05) is 54.6 Å². The van der Waals surface area contributed by atoms with Crippen LogP contribution in [0, 0.1) is 12.5 Å². The average molecular weight is 401 g/mol. The SMILES string of the molecule is C=C(N=N)C1(c2ccccc2)CCN(S(=O)(=O)c2ccc(C)cc2)CC1.CN. The van der Waals surface area contributed by atoms with Crippen molar-refractivity contribution >= 4 is 10.0 Å². The quantitative estimate of drug-likeness (QED) is 0.746. The molecule has 0 aliphatic carbocycles. The first-order chi connectivity index (χ1) is 13.4. The molecule has 1 aliphatic rings. The third-order valence-electron chi connectivity index (χ3n) is 5.25. The third-order valence-corrected chi connectivity index (χ3v) is 7.16. The monoisotopic (exact) mass is 400 g/mol. The van der Waals surface area contributed by atoms with Crippen LogP contribution in [-0.4, -0.2) is 32.9 Å². The maximum absolute atomic E-state index is 12.9. The molecule has 0 aromatic heterocycles. The van der Waals surface area contributed by atoms with E-state index >= 15 is 0 Å². The summed E-state index contributed by atoms with van der Waals surface area (Å²) in [7, 11) is -2.02. The largest absolute Gasteiger partial charge is 0.333 e. The van der Waals surface area contributed by atoms with E-state index in [1.54, 1.807) is 12.1 Å². The second-order valence-corrected chi connectivity index (χ2v) is 8.66. The molecule has 1 aliphatic heterocycles. The number of nitrogens with two attached hydrogens (primary N) is 1. The first-order valence-corrected chi connectivity index (χ1v) is 10.6. The van der Waals surface area contributed by atoms with Crippen molar-refractivity contribution < 1.29 is 8.42 Å². The van der Waals surface area contributed by atoms with Crippen molar-refractivity contribution in [2.75, 3.05) is 20.1 Å².